The molecule has 1 unspecified atom stereocenters. The summed E-state index contributed by atoms with van der Waals surface area (Å²) >= 11 is 0. The first-order chi connectivity index (χ1) is 12.9. The number of hydrogen-bond donors (Lipinski definition) is 0. The van der Waals surface area contributed by atoms with E-state index >= 15 is 0 Å². The Bertz CT molecular complexity index is 861. The number of hydrogen-bond acceptors (Lipinski definition) is 3. The Kier molecular flexibility index (Phi) is 5.43. The lowest BCUT2D eigenvalue weighted by Crippen LogP contribution is -2.36. The number of amides is 2. The van der Waals surface area contributed by atoms with Crippen LogP contribution in [0, 0.1) is 23.4 Å². The molecule has 1 aromatic carbocycles. The second kappa shape index (κ2) is 7.77. The van der Waals surface area contributed by atoms with Gasteiger partial charge in [-0.2, -0.15) is 0 Å². The predicted molar refractivity (Wildman–Crippen MR) is 92.4 cm³/mol. The first-order valence-corrected chi connectivity index (χ1v) is 8.46. The minimum Gasteiger partial charge on any atom is -0.345 e. The van der Waals surface area contributed by atoms with E-state index in [4.69, 9.17) is 0 Å². The summed E-state index contributed by atoms with van der Waals surface area (Å²) in [5.41, 5.74) is 0.672. The van der Waals surface area contributed by atoms with Crippen molar-refractivity contribution in [3.8, 4) is 0 Å². The molecule has 0 aliphatic carbocycles. The number of likely N-dealkylation sites (N-methyl/N-ethyl adjacent to an activating group) is 1. The third-order valence-corrected chi connectivity index (χ3v) is 4.64. The van der Waals surface area contributed by atoms with E-state index in [1.165, 1.54) is 4.90 Å². The lowest BCUT2D eigenvalue weighted by molar-refractivity contribution is -0.134. The van der Waals surface area contributed by atoms with Gasteiger partial charge in [0, 0.05) is 39.0 Å². The van der Waals surface area contributed by atoms with Gasteiger partial charge in [0.25, 0.3) is 0 Å². The van der Waals surface area contributed by atoms with Crippen LogP contribution in [0.2, 0.25) is 0 Å². The van der Waals surface area contributed by atoms with Crippen LogP contribution in [0.25, 0.3) is 0 Å². The van der Waals surface area contributed by atoms with Gasteiger partial charge in [-0.05, 0) is 36.2 Å². The van der Waals surface area contributed by atoms with Gasteiger partial charge in [-0.15, -0.1) is 0 Å². The van der Waals surface area contributed by atoms with Gasteiger partial charge in [-0.25, -0.2) is 13.2 Å². The molecule has 27 heavy (non-hydrogen) atoms. The number of benzene rings is 1. The van der Waals surface area contributed by atoms with Crippen molar-refractivity contribution in [2.24, 2.45) is 5.92 Å². The Morgan fingerprint density at radius 3 is 2.59 bits per heavy atom. The quantitative estimate of drug-likeness (QED) is 0.753. The summed E-state index contributed by atoms with van der Waals surface area (Å²) in [6, 6.07) is 5.47. The van der Waals surface area contributed by atoms with E-state index in [0.29, 0.717) is 13.0 Å². The summed E-state index contributed by atoms with van der Waals surface area (Å²) in [5, 5.41) is 0. The van der Waals surface area contributed by atoms with E-state index in [9.17, 15) is 22.8 Å². The molecule has 3 rings (SSSR count). The fourth-order valence-corrected chi connectivity index (χ4v) is 3.10. The molecule has 1 aliphatic heterocycles. The molecule has 0 saturated carbocycles. The summed E-state index contributed by atoms with van der Waals surface area (Å²) in [5.74, 6) is -5.80. The highest BCUT2D eigenvalue weighted by Crippen LogP contribution is 2.30. The van der Waals surface area contributed by atoms with E-state index in [1.807, 2.05) is 12.1 Å². The van der Waals surface area contributed by atoms with Gasteiger partial charge in [0.15, 0.2) is 17.5 Å². The summed E-state index contributed by atoms with van der Waals surface area (Å²) in [7, 11) is 1.63. The lowest BCUT2D eigenvalue weighted by Gasteiger charge is -2.22. The van der Waals surface area contributed by atoms with Gasteiger partial charge in [-0.1, -0.05) is 0 Å². The Morgan fingerprint density at radius 1 is 1.19 bits per heavy atom. The molecule has 1 atom stereocenters. The van der Waals surface area contributed by atoms with E-state index in [1.54, 1.807) is 19.4 Å². The maximum Gasteiger partial charge on any atom is 0.227 e. The third kappa shape index (κ3) is 3.94. The smallest absolute Gasteiger partial charge is 0.227 e. The van der Waals surface area contributed by atoms with Crippen molar-refractivity contribution >= 4 is 17.5 Å². The highest BCUT2D eigenvalue weighted by molar-refractivity contribution is 6.00. The van der Waals surface area contributed by atoms with Crippen LogP contribution in [0.4, 0.5) is 18.9 Å². The van der Waals surface area contributed by atoms with Crippen molar-refractivity contribution in [3.63, 3.8) is 0 Å². The summed E-state index contributed by atoms with van der Waals surface area (Å²) in [6.07, 6.45) is 3.87. The SMILES string of the molecule is CN(CCc1ccncc1)C(=O)C1CC(=O)N(c2ccc(F)c(F)c2F)C1. The molecule has 1 saturated heterocycles. The van der Waals surface area contributed by atoms with Gasteiger partial charge in [0.1, 0.15) is 0 Å². The number of nitrogens with zero attached hydrogens (tertiary/aromatic N) is 3. The van der Waals surface area contributed by atoms with Crippen LogP contribution >= 0.6 is 0 Å². The van der Waals surface area contributed by atoms with Crippen LogP contribution in [-0.2, 0) is 16.0 Å². The first kappa shape index (κ1) is 18.9. The number of rotatable bonds is 5. The molecule has 2 amide bonds. The molecule has 2 aromatic rings. The Morgan fingerprint density at radius 2 is 1.89 bits per heavy atom. The van der Waals surface area contributed by atoms with E-state index < -0.39 is 29.3 Å². The van der Waals surface area contributed by atoms with Crippen molar-refractivity contribution in [3.05, 3.63) is 59.7 Å². The molecule has 2 heterocycles. The normalized spacial score (nSPS) is 16.7. The van der Waals surface area contributed by atoms with Gasteiger partial charge < -0.3 is 9.80 Å². The first-order valence-electron chi connectivity index (χ1n) is 8.46. The van der Waals surface area contributed by atoms with Crippen LogP contribution < -0.4 is 4.90 Å². The number of pyridine rings is 1. The van der Waals surface area contributed by atoms with E-state index in [2.05, 4.69) is 4.98 Å². The van der Waals surface area contributed by atoms with E-state index in [0.717, 1.165) is 22.6 Å². The lowest BCUT2D eigenvalue weighted by atomic mass is 10.1. The Labute approximate surface area is 154 Å². The molecule has 0 bridgehead atoms. The fraction of sp³-hybridized carbons (Fsp3) is 0.316. The predicted octanol–water partition coefficient (Wildman–Crippen LogP) is 2.55. The van der Waals surface area contributed by atoms with Gasteiger partial charge >= 0.3 is 0 Å². The van der Waals surface area contributed by atoms with Crippen molar-refractivity contribution < 1.29 is 22.8 Å². The summed E-state index contributed by atoms with van der Waals surface area (Å²) in [4.78, 5) is 31.3. The largest absolute Gasteiger partial charge is 0.345 e. The van der Waals surface area contributed by atoms with Gasteiger partial charge in [-0.3, -0.25) is 14.6 Å². The molecule has 0 N–H and O–H groups in total. The molecule has 0 radical (unpaired) electrons. The molecule has 1 aromatic heterocycles. The number of halogens is 3. The maximum atomic E-state index is 14.0. The molecule has 1 aliphatic rings. The highest BCUT2D eigenvalue weighted by atomic mass is 19.2. The second-order valence-corrected chi connectivity index (χ2v) is 6.47. The van der Waals surface area contributed by atoms with Crippen LogP contribution in [0.1, 0.15) is 12.0 Å². The molecule has 0 spiro atoms. The zero-order valence-electron chi connectivity index (χ0n) is 14.7. The highest BCUT2D eigenvalue weighted by Gasteiger charge is 2.38. The van der Waals surface area contributed by atoms with Crippen LogP contribution in [0.3, 0.4) is 0 Å². The number of aromatic nitrogens is 1. The van der Waals surface area contributed by atoms with Gasteiger partial charge in [0.05, 0.1) is 11.6 Å². The monoisotopic (exact) mass is 377 g/mol. The van der Waals surface area contributed by atoms with Crippen LogP contribution in [-0.4, -0.2) is 41.8 Å². The molecule has 142 valence electrons. The molecular formula is C19H18F3N3O2. The second-order valence-electron chi connectivity index (χ2n) is 6.47. The Balaban J connectivity index is 1.66. The molecule has 8 heteroatoms. The van der Waals surface area contributed by atoms with Crippen molar-refractivity contribution in [1.82, 2.24) is 9.88 Å². The minimum absolute atomic E-state index is 0.0702. The van der Waals surface area contributed by atoms with Crippen molar-refractivity contribution in [1.29, 1.82) is 0 Å². The maximum absolute atomic E-state index is 14.0. The standard InChI is InChI=1S/C19H18F3N3O2/c1-24(9-6-12-4-7-23-8-5-12)19(27)13-10-16(26)25(11-13)15-3-2-14(20)17(21)18(15)22/h2-5,7-8,13H,6,9-11H2,1H3. The number of anilines is 1. The van der Waals surface area contributed by atoms with Crippen LogP contribution in [0.5, 0.6) is 0 Å². The summed E-state index contributed by atoms with van der Waals surface area (Å²) in [6.45, 7) is 0.381. The molecule has 5 nitrogen and oxygen atoms in total. The van der Waals surface area contributed by atoms with Gasteiger partial charge in [0.2, 0.25) is 11.8 Å². The third-order valence-electron chi connectivity index (χ3n) is 4.64. The zero-order valence-corrected chi connectivity index (χ0v) is 14.7. The molecule has 1 fully saturated rings. The summed E-state index contributed by atoms with van der Waals surface area (Å²) < 4.78 is 40.5. The fourth-order valence-electron chi connectivity index (χ4n) is 3.10. The minimum atomic E-state index is -1.63. The van der Waals surface area contributed by atoms with Crippen molar-refractivity contribution in [2.75, 3.05) is 25.0 Å². The van der Waals surface area contributed by atoms with Crippen molar-refractivity contribution in [2.45, 2.75) is 12.8 Å². The topological polar surface area (TPSA) is 53.5 Å². The Hall–Kier alpha value is -2.90. The van der Waals surface area contributed by atoms with Crippen LogP contribution in [0.15, 0.2) is 36.7 Å². The molecular weight excluding hydrogens is 359 g/mol. The number of carbonyl (C=O) groups excluding carboxylic acids is 2. The average molecular weight is 377 g/mol. The zero-order chi connectivity index (χ0) is 19.6. The number of carbonyl (C=O) groups is 2. The average Bonchev–Trinajstić information content (AvgIpc) is 3.06. The van der Waals surface area contributed by atoms with E-state index in [-0.39, 0.29) is 24.6 Å².